The molecule has 0 amide bonds. The lowest BCUT2D eigenvalue weighted by atomic mass is 9.97. The van der Waals surface area contributed by atoms with E-state index < -0.39 is 0 Å². The summed E-state index contributed by atoms with van der Waals surface area (Å²) in [5.74, 6) is 0. The first-order chi connectivity index (χ1) is 8.58. The van der Waals surface area contributed by atoms with Gasteiger partial charge in [-0.05, 0) is 79.8 Å². The first-order valence-corrected chi connectivity index (χ1v) is 7.72. The summed E-state index contributed by atoms with van der Waals surface area (Å²) in [7, 11) is 4.61. The lowest BCUT2D eigenvalue weighted by Gasteiger charge is -2.43. The fourth-order valence-electron chi connectivity index (χ4n) is 3.51. The Bertz CT molecular complexity index is 238. The van der Waals surface area contributed by atoms with Crippen LogP contribution in [0.25, 0.3) is 0 Å². The Labute approximate surface area is 113 Å². The van der Waals surface area contributed by atoms with E-state index in [2.05, 4.69) is 42.6 Å². The molecule has 0 bridgehead atoms. The molecule has 0 aromatic heterocycles. The van der Waals surface area contributed by atoms with Crippen molar-refractivity contribution in [2.75, 3.05) is 40.3 Å². The second-order valence-corrected chi connectivity index (χ2v) is 6.56. The summed E-state index contributed by atoms with van der Waals surface area (Å²) in [5, 5.41) is 0. The number of nitrogens with zero attached hydrogens (tertiary/aromatic N) is 3. The zero-order valence-electron chi connectivity index (χ0n) is 12.7. The summed E-state index contributed by atoms with van der Waals surface area (Å²) in [6, 6.07) is 2.38. The molecule has 0 N–H and O–H groups in total. The third-order valence-corrected chi connectivity index (χ3v) is 5.07. The monoisotopic (exact) mass is 253 g/mol. The molecule has 2 aliphatic rings. The topological polar surface area (TPSA) is 9.72 Å². The molecular formula is C15H31N3. The minimum atomic E-state index is 0.722. The first-order valence-electron chi connectivity index (χ1n) is 7.72. The largest absolute Gasteiger partial charge is 0.306 e. The van der Waals surface area contributed by atoms with Crippen LogP contribution in [0.1, 0.15) is 39.5 Å². The quantitative estimate of drug-likeness (QED) is 0.760. The SMILES string of the molecule is CC(C)N1CCC(N(C)C2CCN(C)CC2)CC1. The van der Waals surface area contributed by atoms with E-state index in [4.69, 9.17) is 0 Å². The van der Waals surface area contributed by atoms with Gasteiger partial charge in [-0.3, -0.25) is 0 Å². The predicted molar refractivity (Wildman–Crippen MR) is 78.0 cm³/mol. The van der Waals surface area contributed by atoms with Crippen molar-refractivity contribution in [3.05, 3.63) is 0 Å². The molecule has 0 radical (unpaired) electrons. The Hall–Kier alpha value is -0.120. The summed E-state index contributed by atoms with van der Waals surface area (Å²) in [4.78, 5) is 7.79. The molecule has 2 heterocycles. The summed E-state index contributed by atoms with van der Waals surface area (Å²) < 4.78 is 0. The van der Waals surface area contributed by atoms with Gasteiger partial charge in [-0.15, -0.1) is 0 Å². The fourth-order valence-corrected chi connectivity index (χ4v) is 3.51. The smallest absolute Gasteiger partial charge is 0.0119 e. The molecular weight excluding hydrogens is 222 g/mol. The number of hydrogen-bond acceptors (Lipinski definition) is 3. The Morgan fingerprint density at radius 3 is 1.78 bits per heavy atom. The van der Waals surface area contributed by atoms with E-state index in [1.165, 1.54) is 51.9 Å². The molecule has 3 heteroatoms. The zero-order chi connectivity index (χ0) is 13.1. The lowest BCUT2D eigenvalue weighted by molar-refractivity contribution is 0.0580. The van der Waals surface area contributed by atoms with Crippen molar-refractivity contribution in [2.24, 2.45) is 0 Å². The molecule has 2 aliphatic heterocycles. The van der Waals surface area contributed by atoms with Crippen LogP contribution in [0.4, 0.5) is 0 Å². The van der Waals surface area contributed by atoms with Gasteiger partial charge in [0.25, 0.3) is 0 Å². The third kappa shape index (κ3) is 3.46. The fraction of sp³-hybridized carbons (Fsp3) is 1.00. The number of piperidine rings is 2. The highest BCUT2D eigenvalue weighted by Crippen LogP contribution is 2.23. The zero-order valence-corrected chi connectivity index (χ0v) is 12.7. The highest BCUT2D eigenvalue weighted by molar-refractivity contribution is 4.85. The molecule has 0 atom stereocenters. The van der Waals surface area contributed by atoms with Gasteiger partial charge in [0.2, 0.25) is 0 Å². The highest BCUT2D eigenvalue weighted by Gasteiger charge is 2.29. The van der Waals surface area contributed by atoms with Gasteiger partial charge >= 0.3 is 0 Å². The van der Waals surface area contributed by atoms with E-state index in [9.17, 15) is 0 Å². The maximum absolute atomic E-state index is 2.70. The van der Waals surface area contributed by atoms with Gasteiger partial charge in [0, 0.05) is 18.1 Å². The van der Waals surface area contributed by atoms with Crippen LogP contribution in [-0.2, 0) is 0 Å². The first kappa shape index (κ1) is 14.3. The van der Waals surface area contributed by atoms with E-state index in [-0.39, 0.29) is 0 Å². The van der Waals surface area contributed by atoms with Crippen LogP contribution < -0.4 is 0 Å². The van der Waals surface area contributed by atoms with E-state index in [0.717, 1.165) is 18.1 Å². The van der Waals surface area contributed by atoms with Crippen LogP contribution in [0.5, 0.6) is 0 Å². The summed E-state index contributed by atoms with van der Waals surface area (Å²) in [6.07, 6.45) is 5.44. The minimum absolute atomic E-state index is 0.722. The third-order valence-electron chi connectivity index (χ3n) is 5.07. The van der Waals surface area contributed by atoms with Crippen molar-refractivity contribution in [3.63, 3.8) is 0 Å². The van der Waals surface area contributed by atoms with Crippen LogP contribution in [0.3, 0.4) is 0 Å². The maximum atomic E-state index is 2.70. The standard InChI is InChI=1S/C15H31N3/c1-13(2)18-11-7-15(8-12-18)17(4)14-5-9-16(3)10-6-14/h13-15H,5-12H2,1-4H3. The lowest BCUT2D eigenvalue weighted by Crippen LogP contribution is -2.51. The molecule has 2 rings (SSSR count). The molecule has 0 aromatic carbocycles. The predicted octanol–water partition coefficient (Wildman–Crippen LogP) is 1.89. The van der Waals surface area contributed by atoms with E-state index in [1.807, 2.05) is 0 Å². The van der Waals surface area contributed by atoms with Crippen LogP contribution in [-0.4, -0.2) is 73.1 Å². The van der Waals surface area contributed by atoms with Gasteiger partial charge in [-0.2, -0.15) is 0 Å². The van der Waals surface area contributed by atoms with Gasteiger partial charge < -0.3 is 14.7 Å². The number of likely N-dealkylation sites (tertiary alicyclic amines) is 2. The van der Waals surface area contributed by atoms with Gasteiger partial charge in [-0.25, -0.2) is 0 Å². The number of hydrogen-bond donors (Lipinski definition) is 0. The molecule has 0 saturated carbocycles. The van der Waals surface area contributed by atoms with Crippen molar-refractivity contribution in [2.45, 2.75) is 57.7 Å². The molecule has 0 spiro atoms. The molecule has 0 unspecified atom stereocenters. The van der Waals surface area contributed by atoms with Gasteiger partial charge in [-0.1, -0.05) is 0 Å². The summed E-state index contributed by atoms with van der Waals surface area (Å²) in [6.45, 7) is 9.78. The summed E-state index contributed by atoms with van der Waals surface area (Å²) in [5.41, 5.74) is 0. The maximum Gasteiger partial charge on any atom is 0.0119 e. The Morgan fingerprint density at radius 1 is 0.889 bits per heavy atom. The Kier molecular flexibility index (Phi) is 5.05. The molecule has 18 heavy (non-hydrogen) atoms. The average molecular weight is 253 g/mol. The summed E-state index contributed by atoms with van der Waals surface area (Å²) >= 11 is 0. The van der Waals surface area contributed by atoms with Crippen LogP contribution in [0.15, 0.2) is 0 Å². The minimum Gasteiger partial charge on any atom is -0.306 e. The normalized spacial score (nSPS) is 26.3. The average Bonchev–Trinajstić information content (AvgIpc) is 2.39. The van der Waals surface area contributed by atoms with Crippen molar-refractivity contribution in [3.8, 4) is 0 Å². The van der Waals surface area contributed by atoms with Crippen molar-refractivity contribution in [1.29, 1.82) is 0 Å². The van der Waals surface area contributed by atoms with Crippen molar-refractivity contribution >= 4 is 0 Å². The molecule has 2 saturated heterocycles. The van der Waals surface area contributed by atoms with Gasteiger partial charge in [0.1, 0.15) is 0 Å². The van der Waals surface area contributed by atoms with E-state index in [0.29, 0.717) is 0 Å². The van der Waals surface area contributed by atoms with E-state index in [1.54, 1.807) is 0 Å². The van der Waals surface area contributed by atoms with Gasteiger partial charge in [0.15, 0.2) is 0 Å². The highest BCUT2D eigenvalue weighted by atomic mass is 15.2. The Morgan fingerprint density at radius 2 is 1.33 bits per heavy atom. The van der Waals surface area contributed by atoms with Crippen LogP contribution in [0.2, 0.25) is 0 Å². The molecule has 2 fully saturated rings. The van der Waals surface area contributed by atoms with Crippen molar-refractivity contribution < 1.29 is 0 Å². The van der Waals surface area contributed by atoms with E-state index >= 15 is 0 Å². The number of rotatable bonds is 3. The van der Waals surface area contributed by atoms with Crippen LogP contribution in [0, 0.1) is 0 Å². The molecule has 0 aliphatic carbocycles. The second-order valence-electron chi connectivity index (χ2n) is 6.56. The molecule has 0 aromatic rings. The molecule has 106 valence electrons. The Balaban J connectivity index is 1.78. The molecule has 3 nitrogen and oxygen atoms in total. The second kappa shape index (κ2) is 6.36. The van der Waals surface area contributed by atoms with Crippen molar-refractivity contribution in [1.82, 2.24) is 14.7 Å². The van der Waals surface area contributed by atoms with Crippen LogP contribution >= 0.6 is 0 Å². The van der Waals surface area contributed by atoms with Gasteiger partial charge in [0.05, 0.1) is 0 Å².